The fourth-order valence-corrected chi connectivity index (χ4v) is 2.81. The van der Waals surface area contributed by atoms with Gasteiger partial charge in [0.1, 0.15) is 5.82 Å². The number of para-hydroxylation sites is 1. The van der Waals surface area contributed by atoms with Crippen molar-refractivity contribution in [2.24, 2.45) is 0 Å². The minimum absolute atomic E-state index is 0.213. The second-order valence-electron chi connectivity index (χ2n) is 4.94. The summed E-state index contributed by atoms with van der Waals surface area (Å²) in [5.41, 5.74) is 3.56. The summed E-state index contributed by atoms with van der Waals surface area (Å²) >= 11 is 3.57. The van der Waals surface area contributed by atoms with E-state index in [1.54, 1.807) is 16.9 Å². The number of aryl methyl sites for hydroxylation is 1. The maximum Gasteiger partial charge on any atom is 0.127 e. The molecule has 0 aliphatic carbocycles. The van der Waals surface area contributed by atoms with Crippen LogP contribution in [-0.4, -0.2) is 9.78 Å². The molecule has 0 fully saturated rings. The van der Waals surface area contributed by atoms with Gasteiger partial charge in [0.2, 0.25) is 0 Å². The second kappa shape index (κ2) is 5.82. The van der Waals surface area contributed by atoms with E-state index in [0.29, 0.717) is 5.56 Å². The molecule has 0 N–H and O–H groups in total. The van der Waals surface area contributed by atoms with Gasteiger partial charge in [0.25, 0.3) is 0 Å². The van der Waals surface area contributed by atoms with Gasteiger partial charge in [-0.1, -0.05) is 51.8 Å². The quantitative estimate of drug-likeness (QED) is 0.623. The Hall–Kier alpha value is -1.94. The Morgan fingerprint density at radius 1 is 1.14 bits per heavy atom. The summed E-state index contributed by atoms with van der Waals surface area (Å²) in [6.07, 6.45) is 3.67. The highest BCUT2D eigenvalue weighted by Gasteiger charge is 2.17. The molecule has 106 valence electrons. The molecule has 2 aromatic carbocycles. The van der Waals surface area contributed by atoms with Crippen LogP contribution >= 0.6 is 15.9 Å². The summed E-state index contributed by atoms with van der Waals surface area (Å²) in [4.78, 5) is -0.213. The zero-order valence-electron chi connectivity index (χ0n) is 11.5. The third-order valence-corrected chi connectivity index (χ3v) is 4.36. The summed E-state index contributed by atoms with van der Waals surface area (Å²) in [7, 11) is 0. The van der Waals surface area contributed by atoms with Crippen LogP contribution in [0.15, 0.2) is 60.9 Å². The molecular weight excluding hydrogens is 331 g/mol. The summed E-state index contributed by atoms with van der Waals surface area (Å²) in [5, 5.41) is 4.35. The van der Waals surface area contributed by atoms with Crippen molar-refractivity contribution in [3.63, 3.8) is 0 Å². The number of hydrogen-bond acceptors (Lipinski definition) is 1. The normalized spacial score (nSPS) is 12.3. The standard InChI is InChI=1S/C17H14BrFN2/c1-12-7-8-16(19)15(9-12)17(18)13-10-20-21(11-13)14-5-3-2-4-6-14/h2-11,17H,1H3. The molecule has 1 unspecified atom stereocenters. The number of benzene rings is 2. The lowest BCUT2D eigenvalue weighted by molar-refractivity contribution is 0.613. The molecule has 0 aliphatic rings. The average molecular weight is 345 g/mol. The number of alkyl halides is 1. The van der Waals surface area contributed by atoms with Gasteiger partial charge in [0.15, 0.2) is 0 Å². The van der Waals surface area contributed by atoms with E-state index in [0.717, 1.165) is 16.8 Å². The molecule has 3 aromatic rings. The van der Waals surface area contributed by atoms with Crippen molar-refractivity contribution >= 4 is 15.9 Å². The van der Waals surface area contributed by atoms with Gasteiger partial charge in [-0.3, -0.25) is 0 Å². The van der Waals surface area contributed by atoms with Crippen LogP contribution in [-0.2, 0) is 0 Å². The van der Waals surface area contributed by atoms with Crippen molar-refractivity contribution in [3.05, 3.63) is 83.4 Å². The summed E-state index contributed by atoms with van der Waals surface area (Å²) in [6, 6.07) is 15.0. The molecule has 0 amide bonds. The molecule has 0 spiro atoms. The second-order valence-corrected chi connectivity index (χ2v) is 5.86. The average Bonchev–Trinajstić information content (AvgIpc) is 3.00. The maximum atomic E-state index is 14.0. The Morgan fingerprint density at radius 3 is 2.67 bits per heavy atom. The van der Waals surface area contributed by atoms with Gasteiger partial charge in [-0.05, 0) is 25.1 Å². The SMILES string of the molecule is Cc1ccc(F)c(C(Br)c2cnn(-c3ccccc3)c2)c1. The Balaban J connectivity index is 1.94. The highest BCUT2D eigenvalue weighted by atomic mass is 79.9. The van der Waals surface area contributed by atoms with Crippen LogP contribution in [0.5, 0.6) is 0 Å². The summed E-state index contributed by atoms with van der Waals surface area (Å²) in [6.45, 7) is 1.95. The molecule has 0 saturated carbocycles. The van der Waals surface area contributed by atoms with Crippen LogP contribution < -0.4 is 0 Å². The van der Waals surface area contributed by atoms with E-state index in [1.807, 2.05) is 49.5 Å². The zero-order chi connectivity index (χ0) is 14.8. The molecule has 4 heteroatoms. The highest BCUT2D eigenvalue weighted by Crippen LogP contribution is 2.33. The molecule has 0 saturated heterocycles. The van der Waals surface area contributed by atoms with E-state index in [2.05, 4.69) is 21.0 Å². The molecular formula is C17H14BrFN2. The van der Waals surface area contributed by atoms with Crippen LogP contribution in [0, 0.1) is 12.7 Å². The van der Waals surface area contributed by atoms with E-state index < -0.39 is 0 Å². The molecule has 0 radical (unpaired) electrons. The Kier molecular flexibility index (Phi) is 3.88. The highest BCUT2D eigenvalue weighted by molar-refractivity contribution is 9.09. The lowest BCUT2D eigenvalue weighted by Gasteiger charge is -2.10. The predicted octanol–water partition coefficient (Wildman–Crippen LogP) is 4.80. The van der Waals surface area contributed by atoms with Gasteiger partial charge < -0.3 is 0 Å². The molecule has 1 heterocycles. The largest absolute Gasteiger partial charge is 0.241 e. The van der Waals surface area contributed by atoms with Gasteiger partial charge in [0.05, 0.1) is 16.7 Å². The van der Waals surface area contributed by atoms with E-state index >= 15 is 0 Å². The van der Waals surface area contributed by atoms with Crippen molar-refractivity contribution in [1.29, 1.82) is 0 Å². The Labute approximate surface area is 131 Å². The number of halogens is 2. The van der Waals surface area contributed by atoms with Gasteiger partial charge in [-0.25, -0.2) is 9.07 Å². The predicted molar refractivity (Wildman–Crippen MR) is 85.5 cm³/mol. The van der Waals surface area contributed by atoms with E-state index in [-0.39, 0.29) is 10.6 Å². The van der Waals surface area contributed by atoms with Gasteiger partial charge in [0, 0.05) is 17.3 Å². The molecule has 1 atom stereocenters. The third-order valence-electron chi connectivity index (χ3n) is 3.34. The molecule has 21 heavy (non-hydrogen) atoms. The molecule has 0 bridgehead atoms. The Bertz CT molecular complexity index is 752. The zero-order valence-corrected chi connectivity index (χ0v) is 13.1. The minimum Gasteiger partial charge on any atom is -0.241 e. The smallest absolute Gasteiger partial charge is 0.127 e. The molecule has 2 nitrogen and oxygen atoms in total. The molecule has 0 aliphatic heterocycles. The van der Waals surface area contributed by atoms with Crippen LogP contribution in [0.3, 0.4) is 0 Å². The number of nitrogens with zero attached hydrogens (tertiary/aromatic N) is 2. The maximum absolute atomic E-state index is 14.0. The van der Waals surface area contributed by atoms with Crippen molar-refractivity contribution in [2.45, 2.75) is 11.8 Å². The van der Waals surface area contributed by atoms with Crippen LogP contribution in [0.25, 0.3) is 5.69 Å². The van der Waals surface area contributed by atoms with Crippen LogP contribution in [0.4, 0.5) is 4.39 Å². The first-order valence-electron chi connectivity index (χ1n) is 6.65. The van der Waals surface area contributed by atoms with Crippen molar-refractivity contribution in [2.75, 3.05) is 0 Å². The van der Waals surface area contributed by atoms with Crippen LogP contribution in [0.1, 0.15) is 21.5 Å². The molecule has 1 aromatic heterocycles. The Morgan fingerprint density at radius 2 is 1.90 bits per heavy atom. The van der Waals surface area contributed by atoms with Crippen molar-refractivity contribution in [1.82, 2.24) is 9.78 Å². The van der Waals surface area contributed by atoms with Crippen LogP contribution in [0.2, 0.25) is 0 Å². The topological polar surface area (TPSA) is 17.8 Å². The van der Waals surface area contributed by atoms with E-state index in [9.17, 15) is 4.39 Å². The fraction of sp³-hybridized carbons (Fsp3) is 0.118. The third kappa shape index (κ3) is 2.90. The first-order valence-corrected chi connectivity index (χ1v) is 7.57. The van der Waals surface area contributed by atoms with Gasteiger partial charge >= 0.3 is 0 Å². The van der Waals surface area contributed by atoms with Crippen molar-refractivity contribution < 1.29 is 4.39 Å². The van der Waals surface area contributed by atoms with E-state index in [1.165, 1.54) is 6.07 Å². The lowest BCUT2D eigenvalue weighted by Crippen LogP contribution is -1.97. The lowest BCUT2D eigenvalue weighted by atomic mass is 10.0. The fourth-order valence-electron chi connectivity index (χ4n) is 2.23. The summed E-state index contributed by atoms with van der Waals surface area (Å²) in [5.74, 6) is -0.213. The summed E-state index contributed by atoms with van der Waals surface area (Å²) < 4.78 is 15.8. The van der Waals surface area contributed by atoms with E-state index in [4.69, 9.17) is 0 Å². The minimum atomic E-state index is -0.213. The number of hydrogen-bond donors (Lipinski definition) is 0. The first-order chi connectivity index (χ1) is 10.1. The number of aromatic nitrogens is 2. The molecule has 3 rings (SSSR count). The monoisotopic (exact) mass is 344 g/mol. The van der Waals surface area contributed by atoms with Gasteiger partial charge in [-0.2, -0.15) is 5.10 Å². The number of rotatable bonds is 3. The van der Waals surface area contributed by atoms with Gasteiger partial charge in [-0.15, -0.1) is 0 Å². The first kappa shape index (κ1) is 14.0. The van der Waals surface area contributed by atoms with Crippen molar-refractivity contribution in [3.8, 4) is 5.69 Å².